The van der Waals surface area contributed by atoms with E-state index in [0.29, 0.717) is 24.8 Å². The number of aliphatic carboxylic acids is 1. The van der Waals surface area contributed by atoms with E-state index < -0.39 is 62.5 Å². The molecular weight excluding hydrogens is 598 g/mol. The Kier molecular flexibility index (Phi) is 13.1. The molecule has 0 heterocycles. The zero-order valence-corrected chi connectivity index (χ0v) is 27.9. The van der Waals surface area contributed by atoms with Gasteiger partial charge in [-0.3, -0.25) is 4.79 Å². The molecule has 0 aliphatic heterocycles. The van der Waals surface area contributed by atoms with Crippen LogP contribution in [0.2, 0.25) is 19.1 Å². The molecule has 11 heteroatoms. The van der Waals surface area contributed by atoms with E-state index in [-0.39, 0.29) is 37.3 Å². The highest BCUT2D eigenvalue weighted by atomic mass is 28.3. The summed E-state index contributed by atoms with van der Waals surface area (Å²) in [4.78, 5) is 39.4. The summed E-state index contributed by atoms with van der Waals surface area (Å²) in [5.41, 5.74) is 0.842. The lowest BCUT2D eigenvalue weighted by molar-refractivity contribution is -0.144. The maximum absolute atomic E-state index is 15.0. The molecule has 1 aliphatic rings. The molecule has 1 radical (unpaired) electrons. The first kappa shape index (κ1) is 36.2. The smallest absolute Gasteiger partial charge is 0.407 e. The van der Waals surface area contributed by atoms with Crippen LogP contribution >= 0.6 is 0 Å². The van der Waals surface area contributed by atoms with Crippen molar-refractivity contribution < 1.29 is 38.1 Å². The summed E-state index contributed by atoms with van der Waals surface area (Å²) in [6.07, 6.45) is 0.738. The van der Waals surface area contributed by atoms with Crippen LogP contribution in [0.25, 0.3) is 0 Å². The number of carbonyl (C=O) groups is 3. The lowest BCUT2D eigenvalue weighted by atomic mass is 9.72. The number of carboxylic acid groups (broad SMARTS) is 1. The Bertz CT molecular complexity index is 1290. The van der Waals surface area contributed by atoms with Gasteiger partial charge in [0.15, 0.2) is 0 Å². The van der Waals surface area contributed by atoms with E-state index in [0.717, 1.165) is 23.7 Å². The topological polar surface area (TPSA) is 116 Å². The first-order valence-corrected chi connectivity index (χ1v) is 18.3. The number of nitrogens with one attached hydrogen (secondary N) is 1. The maximum Gasteiger partial charge on any atom is 0.407 e. The molecule has 3 N–H and O–H groups in total. The third kappa shape index (κ3) is 10.4. The largest absolute Gasteiger partial charge is 0.480 e. The van der Waals surface area contributed by atoms with E-state index in [1.807, 2.05) is 51.1 Å². The Labute approximate surface area is 266 Å². The first-order valence-electron chi connectivity index (χ1n) is 15.6. The zero-order chi connectivity index (χ0) is 33.3. The molecule has 247 valence electrons. The minimum absolute atomic E-state index is 0.0229. The van der Waals surface area contributed by atoms with E-state index in [4.69, 9.17) is 4.74 Å². The predicted octanol–water partition coefficient (Wildman–Crippen LogP) is 5.88. The molecule has 2 amide bonds. The van der Waals surface area contributed by atoms with E-state index >= 15 is 4.39 Å². The molecule has 0 spiro atoms. The number of halogens is 2. The molecule has 3 rings (SSSR count). The number of ether oxygens (including phenoxy) is 1. The second-order valence-corrected chi connectivity index (χ2v) is 16.3. The predicted molar refractivity (Wildman–Crippen MR) is 170 cm³/mol. The number of rotatable bonds is 14. The maximum atomic E-state index is 15.0. The fourth-order valence-electron chi connectivity index (χ4n) is 6.69. The Morgan fingerprint density at radius 3 is 2.38 bits per heavy atom. The van der Waals surface area contributed by atoms with Crippen LogP contribution in [0.4, 0.5) is 13.6 Å². The molecule has 0 aromatic heterocycles. The molecule has 2 aromatic carbocycles. The Morgan fingerprint density at radius 2 is 1.78 bits per heavy atom. The number of carbonyl (C=O) groups excluding carboxylic acids is 2. The lowest BCUT2D eigenvalue weighted by Gasteiger charge is -2.46. The number of aliphatic hydroxyl groups excluding tert-OH is 1. The van der Waals surface area contributed by atoms with Gasteiger partial charge in [-0.1, -0.05) is 64.2 Å². The summed E-state index contributed by atoms with van der Waals surface area (Å²) >= 11 is 0. The van der Waals surface area contributed by atoms with Crippen LogP contribution in [0.3, 0.4) is 0 Å². The third-order valence-electron chi connectivity index (χ3n) is 8.66. The number of alkyl carbamates (subject to hydrolysis) is 1. The molecule has 0 saturated heterocycles. The summed E-state index contributed by atoms with van der Waals surface area (Å²) in [5.74, 6) is -3.34. The van der Waals surface area contributed by atoms with Crippen molar-refractivity contribution in [2.75, 3.05) is 19.8 Å². The number of aliphatic hydroxyl groups is 1. The van der Waals surface area contributed by atoms with Gasteiger partial charge in [0.25, 0.3) is 0 Å². The second kappa shape index (κ2) is 16.3. The average molecular weight is 646 g/mol. The van der Waals surface area contributed by atoms with Crippen LogP contribution in [0.15, 0.2) is 48.5 Å². The van der Waals surface area contributed by atoms with Crippen molar-refractivity contribution in [2.45, 2.75) is 83.6 Å². The quantitative estimate of drug-likeness (QED) is 0.221. The van der Waals surface area contributed by atoms with Gasteiger partial charge >= 0.3 is 12.1 Å². The van der Waals surface area contributed by atoms with Gasteiger partial charge in [0, 0.05) is 21.4 Å². The van der Waals surface area contributed by atoms with Crippen LogP contribution in [-0.2, 0) is 20.7 Å². The van der Waals surface area contributed by atoms with Crippen LogP contribution < -0.4 is 5.32 Å². The van der Waals surface area contributed by atoms with E-state index in [1.54, 1.807) is 0 Å². The van der Waals surface area contributed by atoms with Gasteiger partial charge in [-0.25, -0.2) is 18.4 Å². The number of amides is 2. The normalized spacial score (nSPS) is 19.6. The van der Waals surface area contributed by atoms with Crippen molar-refractivity contribution in [2.24, 2.45) is 17.3 Å². The van der Waals surface area contributed by atoms with Crippen molar-refractivity contribution in [3.05, 3.63) is 71.3 Å². The minimum Gasteiger partial charge on any atom is -0.480 e. The number of carboxylic acids is 1. The molecule has 8 nitrogen and oxygen atoms in total. The monoisotopic (exact) mass is 645 g/mol. The SMILES string of the molecule is C[Si](C)CCOC(=O)N[C@@H](CCN(C(=O)CO)[C@@H](C1CC(c2cc(F)ccc2F)CC1Cc1ccccc1)C(C)(C)C)C(=O)O. The Morgan fingerprint density at radius 1 is 1.09 bits per heavy atom. The standard InChI is InChI=1S/C34H47F2N2O6Si/c1-34(2,3)31(38(30(40)21-39)14-13-29(32(41)42)37-33(43)44-15-16-45(4)5)27-19-24(26-20-25(35)11-12-28(26)36)18-23(27)17-22-9-7-6-8-10-22/h6-12,20,23-24,27,29,31,39H,13-19,21H2,1-5H3,(H,37,43)(H,41,42)/t23?,24?,27?,29-,31-/m0/s1. The van der Waals surface area contributed by atoms with Gasteiger partial charge in [-0.05, 0) is 84.2 Å². The van der Waals surface area contributed by atoms with E-state index in [1.165, 1.54) is 11.0 Å². The van der Waals surface area contributed by atoms with Gasteiger partial charge in [0.2, 0.25) is 5.91 Å². The molecule has 1 aliphatic carbocycles. The van der Waals surface area contributed by atoms with E-state index in [2.05, 4.69) is 18.4 Å². The zero-order valence-electron chi connectivity index (χ0n) is 26.9. The molecule has 1 saturated carbocycles. The minimum atomic E-state index is -1.32. The molecular formula is C34H47F2N2O6Si. The summed E-state index contributed by atoms with van der Waals surface area (Å²) in [6, 6.07) is 12.3. The van der Waals surface area contributed by atoms with Gasteiger partial charge < -0.3 is 25.2 Å². The Balaban J connectivity index is 1.93. The molecule has 1 fully saturated rings. The van der Waals surface area contributed by atoms with E-state index in [9.17, 15) is 29.0 Å². The lowest BCUT2D eigenvalue weighted by Crippen LogP contribution is -2.55. The van der Waals surface area contributed by atoms with Crippen molar-refractivity contribution in [3.63, 3.8) is 0 Å². The fraction of sp³-hybridized carbons (Fsp3) is 0.559. The molecule has 2 aromatic rings. The number of hydrogen-bond donors (Lipinski definition) is 3. The second-order valence-electron chi connectivity index (χ2n) is 13.4. The van der Waals surface area contributed by atoms with Crippen LogP contribution in [0.5, 0.6) is 0 Å². The summed E-state index contributed by atoms with van der Waals surface area (Å²) in [7, 11) is -0.618. The Hall–Kier alpha value is -3.31. The molecule has 0 bridgehead atoms. The highest BCUT2D eigenvalue weighted by molar-refractivity contribution is 6.55. The van der Waals surface area contributed by atoms with Crippen LogP contribution in [-0.4, -0.2) is 73.7 Å². The molecule has 3 unspecified atom stereocenters. The summed E-state index contributed by atoms with van der Waals surface area (Å²) in [6.45, 7) is 9.45. The third-order valence-corrected chi connectivity index (χ3v) is 9.86. The number of nitrogens with zero attached hydrogens (tertiary/aromatic N) is 1. The highest BCUT2D eigenvalue weighted by Crippen LogP contribution is 2.50. The average Bonchev–Trinajstić information content (AvgIpc) is 3.37. The number of benzene rings is 2. The van der Waals surface area contributed by atoms with Crippen molar-refractivity contribution in [1.82, 2.24) is 10.2 Å². The van der Waals surface area contributed by atoms with Gasteiger partial charge in [0.1, 0.15) is 24.3 Å². The molecule has 45 heavy (non-hydrogen) atoms. The van der Waals surface area contributed by atoms with Crippen molar-refractivity contribution >= 4 is 26.8 Å². The van der Waals surface area contributed by atoms with Crippen molar-refractivity contribution in [3.8, 4) is 0 Å². The highest BCUT2D eigenvalue weighted by Gasteiger charge is 2.47. The van der Waals surface area contributed by atoms with Crippen LogP contribution in [0, 0.1) is 28.9 Å². The first-order chi connectivity index (χ1) is 21.2. The van der Waals surface area contributed by atoms with Gasteiger partial charge in [0.05, 0.1) is 6.61 Å². The summed E-state index contributed by atoms with van der Waals surface area (Å²) < 4.78 is 34.5. The van der Waals surface area contributed by atoms with Crippen LogP contribution in [0.1, 0.15) is 57.1 Å². The number of hydrogen-bond acceptors (Lipinski definition) is 5. The van der Waals surface area contributed by atoms with Crippen molar-refractivity contribution in [1.29, 1.82) is 0 Å². The molecule has 5 atom stereocenters. The summed E-state index contributed by atoms with van der Waals surface area (Å²) in [5, 5.41) is 22.3. The fourth-order valence-corrected chi connectivity index (χ4v) is 7.20. The van der Waals surface area contributed by atoms with Gasteiger partial charge in [-0.2, -0.15) is 0 Å². The van der Waals surface area contributed by atoms with Gasteiger partial charge in [-0.15, -0.1) is 0 Å².